The maximum atomic E-state index is 13.6. The topological polar surface area (TPSA) is 33.4 Å². The lowest BCUT2D eigenvalue weighted by atomic mass is 10.1. The largest absolute Gasteiger partial charge is 0.455 e. The average molecular weight is 282 g/mol. The van der Waals surface area contributed by atoms with Crippen molar-refractivity contribution in [2.75, 3.05) is 0 Å². The maximum absolute atomic E-state index is 13.6. The molecule has 1 aliphatic carbocycles. The monoisotopic (exact) mass is 282 g/mol. The molecular weight excluding hydrogens is 267 g/mol. The number of rotatable bonds is 3. The molecule has 1 N–H and O–H groups in total. The van der Waals surface area contributed by atoms with E-state index in [1.54, 1.807) is 18.2 Å². The Kier molecular flexibility index (Phi) is 2.82. The highest BCUT2D eigenvalue weighted by Crippen LogP contribution is 2.54. The zero-order valence-corrected chi connectivity index (χ0v) is 11.4. The number of aliphatic hydroxyl groups excluding tert-OH is 1. The second-order valence-corrected chi connectivity index (χ2v) is 5.67. The normalized spacial score (nSPS) is 22.4. The Hall–Kier alpha value is -2.13. The van der Waals surface area contributed by atoms with Crippen molar-refractivity contribution < 1.29 is 13.9 Å². The Morgan fingerprint density at radius 2 is 1.90 bits per heavy atom. The van der Waals surface area contributed by atoms with Gasteiger partial charge in [-0.15, -0.1) is 0 Å². The number of hydrogen-bond donors (Lipinski definition) is 1. The van der Waals surface area contributed by atoms with Gasteiger partial charge in [0.15, 0.2) is 11.4 Å². The van der Waals surface area contributed by atoms with Crippen LogP contribution in [0.15, 0.2) is 59.0 Å². The SMILES string of the molecule is OC(c1cc2cccc(F)c2o1)C1CC1c1ccccc1. The quantitative estimate of drug-likeness (QED) is 0.772. The summed E-state index contributed by atoms with van der Waals surface area (Å²) in [7, 11) is 0. The van der Waals surface area contributed by atoms with Gasteiger partial charge in [0.25, 0.3) is 0 Å². The summed E-state index contributed by atoms with van der Waals surface area (Å²) in [6.45, 7) is 0. The van der Waals surface area contributed by atoms with Crippen LogP contribution in [0, 0.1) is 11.7 Å². The molecule has 2 aromatic carbocycles. The van der Waals surface area contributed by atoms with Gasteiger partial charge >= 0.3 is 0 Å². The fourth-order valence-electron chi connectivity index (χ4n) is 3.05. The summed E-state index contributed by atoms with van der Waals surface area (Å²) < 4.78 is 19.2. The van der Waals surface area contributed by atoms with E-state index in [1.165, 1.54) is 11.6 Å². The molecule has 0 radical (unpaired) electrons. The summed E-state index contributed by atoms with van der Waals surface area (Å²) in [5, 5.41) is 11.2. The van der Waals surface area contributed by atoms with Gasteiger partial charge in [0.2, 0.25) is 0 Å². The van der Waals surface area contributed by atoms with E-state index in [0.29, 0.717) is 17.1 Å². The molecule has 1 aliphatic rings. The van der Waals surface area contributed by atoms with Crippen LogP contribution in [-0.4, -0.2) is 5.11 Å². The van der Waals surface area contributed by atoms with Gasteiger partial charge in [0.05, 0.1) is 0 Å². The van der Waals surface area contributed by atoms with Crippen LogP contribution in [0.1, 0.15) is 29.8 Å². The number of halogens is 1. The first-order valence-electron chi connectivity index (χ1n) is 7.15. The van der Waals surface area contributed by atoms with Crippen molar-refractivity contribution in [1.82, 2.24) is 0 Å². The molecule has 0 amide bonds. The van der Waals surface area contributed by atoms with Crippen molar-refractivity contribution in [3.05, 3.63) is 71.7 Å². The minimum Gasteiger partial charge on any atom is -0.455 e. The van der Waals surface area contributed by atoms with Crippen molar-refractivity contribution in [2.24, 2.45) is 5.92 Å². The van der Waals surface area contributed by atoms with E-state index < -0.39 is 6.10 Å². The van der Waals surface area contributed by atoms with Crippen LogP contribution < -0.4 is 0 Å². The van der Waals surface area contributed by atoms with Gasteiger partial charge in [0, 0.05) is 5.39 Å². The summed E-state index contributed by atoms with van der Waals surface area (Å²) in [5.74, 6) is 0.579. The van der Waals surface area contributed by atoms with E-state index in [2.05, 4.69) is 12.1 Å². The molecule has 3 unspecified atom stereocenters. The average Bonchev–Trinajstić information content (AvgIpc) is 3.19. The third kappa shape index (κ3) is 2.14. The van der Waals surface area contributed by atoms with Crippen molar-refractivity contribution in [2.45, 2.75) is 18.4 Å². The van der Waals surface area contributed by atoms with Crippen molar-refractivity contribution in [1.29, 1.82) is 0 Å². The number of fused-ring (bicyclic) bond motifs is 1. The molecule has 3 aromatic rings. The van der Waals surface area contributed by atoms with E-state index in [0.717, 1.165) is 6.42 Å². The van der Waals surface area contributed by atoms with Crippen LogP contribution in [0.4, 0.5) is 4.39 Å². The molecule has 2 nitrogen and oxygen atoms in total. The predicted octanol–water partition coefficient (Wildman–Crippen LogP) is 4.41. The minimum atomic E-state index is -0.679. The van der Waals surface area contributed by atoms with Gasteiger partial charge in [-0.2, -0.15) is 0 Å². The molecule has 1 heterocycles. The Morgan fingerprint density at radius 1 is 1.10 bits per heavy atom. The first-order chi connectivity index (χ1) is 10.2. The smallest absolute Gasteiger partial charge is 0.170 e. The Balaban J connectivity index is 1.60. The molecule has 106 valence electrons. The van der Waals surface area contributed by atoms with E-state index in [-0.39, 0.29) is 17.3 Å². The molecule has 1 fully saturated rings. The van der Waals surface area contributed by atoms with E-state index in [4.69, 9.17) is 4.42 Å². The molecule has 3 heteroatoms. The van der Waals surface area contributed by atoms with Gasteiger partial charge in [0.1, 0.15) is 11.9 Å². The highest BCUT2D eigenvalue weighted by atomic mass is 19.1. The number of furan rings is 1. The molecule has 3 atom stereocenters. The lowest BCUT2D eigenvalue weighted by Crippen LogP contribution is -1.99. The number of aliphatic hydroxyl groups is 1. The molecule has 1 saturated carbocycles. The Bertz CT molecular complexity index is 778. The van der Waals surface area contributed by atoms with E-state index in [1.807, 2.05) is 18.2 Å². The second kappa shape index (κ2) is 4.71. The molecule has 0 spiro atoms. The number of para-hydroxylation sites is 1. The minimum absolute atomic E-state index is 0.149. The third-order valence-electron chi connectivity index (χ3n) is 4.28. The summed E-state index contributed by atoms with van der Waals surface area (Å²) in [6.07, 6.45) is 0.257. The van der Waals surface area contributed by atoms with E-state index in [9.17, 15) is 9.50 Å². The first-order valence-corrected chi connectivity index (χ1v) is 7.15. The number of hydrogen-bond acceptors (Lipinski definition) is 2. The molecule has 4 rings (SSSR count). The summed E-state index contributed by atoms with van der Waals surface area (Å²) >= 11 is 0. The molecular formula is C18H15FO2. The highest BCUT2D eigenvalue weighted by Gasteiger charge is 2.45. The fourth-order valence-corrected chi connectivity index (χ4v) is 3.05. The van der Waals surface area contributed by atoms with Gasteiger partial charge < -0.3 is 9.52 Å². The zero-order valence-electron chi connectivity index (χ0n) is 11.4. The summed E-state index contributed by atoms with van der Waals surface area (Å²) in [6, 6.07) is 16.7. The van der Waals surface area contributed by atoms with Crippen LogP contribution in [0.2, 0.25) is 0 Å². The standard InChI is InChI=1S/C18H15FO2/c19-15-8-4-7-12-9-16(21-18(12)15)17(20)14-10-13(14)11-5-2-1-3-6-11/h1-9,13-14,17,20H,10H2. The predicted molar refractivity (Wildman–Crippen MR) is 78.4 cm³/mol. The molecule has 0 saturated heterocycles. The van der Waals surface area contributed by atoms with Crippen LogP contribution in [0.25, 0.3) is 11.0 Å². The summed E-state index contributed by atoms with van der Waals surface area (Å²) in [4.78, 5) is 0. The number of benzene rings is 2. The first kappa shape index (κ1) is 12.6. The Morgan fingerprint density at radius 3 is 2.67 bits per heavy atom. The lowest BCUT2D eigenvalue weighted by molar-refractivity contribution is 0.127. The van der Waals surface area contributed by atoms with Crippen molar-refractivity contribution >= 4 is 11.0 Å². The van der Waals surface area contributed by atoms with Gasteiger partial charge in [-0.3, -0.25) is 0 Å². The fraction of sp³-hybridized carbons (Fsp3) is 0.222. The van der Waals surface area contributed by atoms with Crippen LogP contribution in [-0.2, 0) is 0 Å². The Labute approximate surface area is 121 Å². The van der Waals surface area contributed by atoms with Crippen LogP contribution in [0.5, 0.6) is 0 Å². The van der Waals surface area contributed by atoms with Crippen molar-refractivity contribution in [3.8, 4) is 0 Å². The van der Waals surface area contributed by atoms with Gasteiger partial charge in [-0.05, 0) is 36.0 Å². The zero-order chi connectivity index (χ0) is 14.4. The van der Waals surface area contributed by atoms with Crippen LogP contribution in [0.3, 0.4) is 0 Å². The third-order valence-corrected chi connectivity index (χ3v) is 4.28. The van der Waals surface area contributed by atoms with Crippen LogP contribution >= 0.6 is 0 Å². The van der Waals surface area contributed by atoms with Gasteiger partial charge in [-0.1, -0.05) is 42.5 Å². The van der Waals surface area contributed by atoms with Crippen molar-refractivity contribution in [3.63, 3.8) is 0 Å². The molecule has 21 heavy (non-hydrogen) atoms. The highest BCUT2D eigenvalue weighted by molar-refractivity contribution is 5.78. The summed E-state index contributed by atoms with van der Waals surface area (Å²) in [5.41, 5.74) is 1.47. The molecule has 0 aliphatic heterocycles. The molecule has 0 bridgehead atoms. The maximum Gasteiger partial charge on any atom is 0.170 e. The van der Waals surface area contributed by atoms with E-state index >= 15 is 0 Å². The van der Waals surface area contributed by atoms with Gasteiger partial charge in [-0.25, -0.2) is 4.39 Å². The lowest BCUT2D eigenvalue weighted by Gasteiger charge is -2.07. The molecule has 1 aromatic heterocycles. The second-order valence-electron chi connectivity index (χ2n) is 5.67.